The Morgan fingerprint density at radius 2 is 2.38 bits per heavy atom. The number of carboxylic acids is 1. The van der Waals surface area contributed by atoms with Crippen molar-refractivity contribution < 1.29 is 9.90 Å². The van der Waals surface area contributed by atoms with Crippen molar-refractivity contribution in [3.05, 3.63) is 24.0 Å². The summed E-state index contributed by atoms with van der Waals surface area (Å²) in [4.78, 5) is 14.9. The molecule has 0 spiro atoms. The van der Waals surface area contributed by atoms with Crippen molar-refractivity contribution >= 4 is 11.7 Å². The van der Waals surface area contributed by atoms with Gasteiger partial charge in [0.25, 0.3) is 0 Å². The Balaban J connectivity index is 1.91. The summed E-state index contributed by atoms with van der Waals surface area (Å²) in [5.74, 6) is -0.131. The van der Waals surface area contributed by atoms with Crippen molar-refractivity contribution in [1.82, 2.24) is 4.98 Å². The summed E-state index contributed by atoms with van der Waals surface area (Å²) >= 11 is 0. The van der Waals surface area contributed by atoms with Crippen molar-refractivity contribution in [3.8, 4) is 0 Å². The van der Waals surface area contributed by atoms with E-state index in [0.717, 1.165) is 11.4 Å². The predicted octanol–water partition coefficient (Wildman–Crippen LogP) is 2.23. The van der Waals surface area contributed by atoms with E-state index in [1.807, 2.05) is 19.1 Å². The van der Waals surface area contributed by atoms with Gasteiger partial charge in [0.05, 0.1) is 18.3 Å². The molecule has 0 bridgehead atoms. The predicted molar refractivity (Wildman–Crippen MR) is 61.5 cm³/mol. The lowest BCUT2D eigenvalue weighted by Gasteiger charge is -2.12. The second kappa shape index (κ2) is 4.51. The molecule has 1 atom stereocenters. The van der Waals surface area contributed by atoms with E-state index in [1.54, 1.807) is 6.20 Å². The molecule has 0 unspecified atom stereocenters. The smallest absolute Gasteiger partial charge is 0.305 e. The van der Waals surface area contributed by atoms with E-state index in [9.17, 15) is 4.79 Å². The second-order valence-electron chi connectivity index (χ2n) is 4.39. The van der Waals surface area contributed by atoms with Crippen LogP contribution in [-0.2, 0) is 4.79 Å². The fourth-order valence-corrected chi connectivity index (χ4v) is 1.71. The van der Waals surface area contributed by atoms with Crippen LogP contribution >= 0.6 is 0 Å². The van der Waals surface area contributed by atoms with Crippen molar-refractivity contribution in [3.63, 3.8) is 0 Å². The van der Waals surface area contributed by atoms with Crippen molar-refractivity contribution in [2.24, 2.45) is 0 Å². The van der Waals surface area contributed by atoms with Crippen LogP contribution in [0.2, 0.25) is 0 Å². The topological polar surface area (TPSA) is 62.2 Å². The highest BCUT2D eigenvalue weighted by molar-refractivity contribution is 5.68. The molecule has 16 heavy (non-hydrogen) atoms. The molecule has 1 aromatic rings. The summed E-state index contributed by atoms with van der Waals surface area (Å²) in [5.41, 5.74) is 2.04. The van der Waals surface area contributed by atoms with Crippen LogP contribution < -0.4 is 5.32 Å². The number of hydrogen-bond donors (Lipinski definition) is 2. The van der Waals surface area contributed by atoms with E-state index in [2.05, 4.69) is 10.3 Å². The van der Waals surface area contributed by atoms with Gasteiger partial charge in [-0.3, -0.25) is 9.78 Å². The van der Waals surface area contributed by atoms with Crippen molar-refractivity contribution in [2.45, 2.75) is 38.1 Å². The highest BCUT2D eigenvalue weighted by atomic mass is 16.4. The maximum Gasteiger partial charge on any atom is 0.305 e. The van der Waals surface area contributed by atoms with Crippen LogP contribution in [0.15, 0.2) is 18.3 Å². The van der Waals surface area contributed by atoms with Gasteiger partial charge in [-0.15, -0.1) is 0 Å². The van der Waals surface area contributed by atoms with Gasteiger partial charge >= 0.3 is 5.97 Å². The van der Waals surface area contributed by atoms with Crippen LogP contribution in [0, 0.1) is 0 Å². The zero-order chi connectivity index (χ0) is 11.5. The molecule has 0 radical (unpaired) electrons. The lowest BCUT2D eigenvalue weighted by Crippen LogP contribution is -2.19. The Morgan fingerprint density at radius 1 is 1.62 bits per heavy atom. The van der Waals surface area contributed by atoms with Gasteiger partial charge in [-0.05, 0) is 31.9 Å². The fraction of sp³-hybridized carbons (Fsp3) is 0.500. The number of pyridine rings is 1. The van der Waals surface area contributed by atoms with E-state index >= 15 is 0 Å². The van der Waals surface area contributed by atoms with Gasteiger partial charge < -0.3 is 10.4 Å². The fourth-order valence-electron chi connectivity index (χ4n) is 1.71. The average molecular weight is 220 g/mol. The molecule has 1 fully saturated rings. The Kier molecular flexibility index (Phi) is 3.08. The summed E-state index contributed by atoms with van der Waals surface area (Å²) < 4.78 is 0. The Hall–Kier alpha value is -1.58. The molecule has 4 nitrogen and oxygen atoms in total. The third-order valence-electron chi connectivity index (χ3n) is 2.68. The van der Waals surface area contributed by atoms with Gasteiger partial charge in [0.1, 0.15) is 0 Å². The van der Waals surface area contributed by atoms with Crippen LogP contribution in [0.3, 0.4) is 0 Å². The summed E-state index contributed by atoms with van der Waals surface area (Å²) in [6.45, 7) is 1.85. The van der Waals surface area contributed by atoms with Gasteiger partial charge in [0.15, 0.2) is 0 Å². The van der Waals surface area contributed by atoms with Crippen LogP contribution in [0.25, 0.3) is 0 Å². The quantitative estimate of drug-likeness (QED) is 0.798. The van der Waals surface area contributed by atoms with Gasteiger partial charge in [0.2, 0.25) is 0 Å². The van der Waals surface area contributed by atoms with Crippen molar-refractivity contribution in [1.29, 1.82) is 0 Å². The van der Waals surface area contributed by atoms with Gasteiger partial charge in [-0.1, -0.05) is 0 Å². The SMILES string of the molecule is C[C@H](CC(=O)O)Nc1ccc(C2CC2)nc1. The lowest BCUT2D eigenvalue weighted by atomic mass is 10.2. The number of hydrogen-bond acceptors (Lipinski definition) is 3. The van der Waals surface area contributed by atoms with E-state index in [0.29, 0.717) is 5.92 Å². The summed E-state index contributed by atoms with van der Waals surface area (Å²) in [5, 5.41) is 11.7. The molecule has 0 aromatic carbocycles. The van der Waals surface area contributed by atoms with Crippen LogP contribution in [0.5, 0.6) is 0 Å². The number of nitrogens with zero attached hydrogens (tertiary/aromatic N) is 1. The number of carbonyl (C=O) groups is 1. The van der Waals surface area contributed by atoms with Crippen LogP contribution in [-0.4, -0.2) is 22.1 Å². The number of aliphatic carboxylic acids is 1. The van der Waals surface area contributed by atoms with E-state index in [1.165, 1.54) is 12.8 Å². The molecule has 1 aliphatic rings. The zero-order valence-electron chi connectivity index (χ0n) is 9.31. The standard InChI is InChI=1S/C12H16N2O2/c1-8(6-12(15)16)14-10-4-5-11(13-7-10)9-2-3-9/h4-5,7-9,14H,2-3,6H2,1H3,(H,15,16)/t8-/m1/s1. The summed E-state index contributed by atoms with van der Waals surface area (Å²) in [6.07, 6.45) is 4.39. The molecule has 1 saturated carbocycles. The summed E-state index contributed by atoms with van der Waals surface area (Å²) in [7, 11) is 0. The normalized spacial score (nSPS) is 16.8. The average Bonchev–Trinajstić information content (AvgIpc) is 3.00. The summed E-state index contributed by atoms with van der Waals surface area (Å²) in [6, 6.07) is 3.91. The minimum Gasteiger partial charge on any atom is -0.481 e. The third kappa shape index (κ3) is 2.95. The second-order valence-corrected chi connectivity index (χ2v) is 4.39. The minimum absolute atomic E-state index is 0.0777. The maximum atomic E-state index is 10.5. The molecule has 1 aliphatic carbocycles. The van der Waals surface area contributed by atoms with E-state index < -0.39 is 5.97 Å². The largest absolute Gasteiger partial charge is 0.481 e. The highest BCUT2D eigenvalue weighted by Crippen LogP contribution is 2.38. The Bertz CT molecular complexity index is 371. The first kappa shape index (κ1) is 10.9. The Labute approximate surface area is 94.7 Å². The molecular weight excluding hydrogens is 204 g/mol. The highest BCUT2D eigenvalue weighted by Gasteiger charge is 2.24. The maximum absolute atomic E-state index is 10.5. The van der Waals surface area contributed by atoms with Crippen LogP contribution in [0.4, 0.5) is 5.69 Å². The van der Waals surface area contributed by atoms with Gasteiger partial charge in [0, 0.05) is 17.7 Å². The zero-order valence-corrected chi connectivity index (χ0v) is 9.31. The Morgan fingerprint density at radius 3 is 2.88 bits per heavy atom. The van der Waals surface area contributed by atoms with Crippen molar-refractivity contribution in [2.75, 3.05) is 5.32 Å². The number of carboxylic acid groups (broad SMARTS) is 1. The molecule has 0 amide bonds. The molecule has 0 saturated heterocycles. The lowest BCUT2D eigenvalue weighted by molar-refractivity contribution is -0.137. The molecule has 86 valence electrons. The first-order valence-corrected chi connectivity index (χ1v) is 5.59. The molecule has 1 heterocycles. The molecular formula is C12H16N2O2. The monoisotopic (exact) mass is 220 g/mol. The van der Waals surface area contributed by atoms with E-state index in [-0.39, 0.29) is 12.5 Å². The number of rotatable bonds is 5. The molecule has 2 N–H and O–H groups in total. The molecule has 2 rings (SSSR count). The first-order chi connectivity index (χ1) is 7.65. The minimum atomic E-state index is -0.789. The number of anilines is 1. The van der Waals surface area contributed by atoms with Gasteiger partial charge in [-0.25, -0.2) is 0 Å². The van der Waals surface area contributed by atoms with Gasteiger partial charge in [-0.2, -0.15) is 0 Å². The molecule has 1 aromatic heterocycles. The van der Waals surface area contributed by atoms with E-state index in [4.69, 9.17) is 5.11 Å². The number of aromatic nitrogens is 1. The third-order valence-corrected chi connectivity index (χ3v) is 2.68. The molecule has 0 aliphatic heterocycles. The molecule has 4 heteroatoms. The number of nitrogens with one attached hydrogen (secondary N) is 1. The first-order valence-electron chi connectivity index (χ1n) is 5.59. The van der Waals surface area contributed by atoms with Crippen LogP contribution in [0.1, 0.15) is 37.8 Å².